The van der Waals surface area contributed by atoms with Gasteiger partial charge in [0.1, 0.15) is 12.4 Å². The lowest BCUT2D eigenvalue weighted by molar-refractivity contribution is 0.0951. The number of aromatic nitrogens is 1. The number of nitrogens with one attached hydrogen (secondary N) is 1. The van der Waals surface area contributed by atoms with Crippen LogP contribution in [0.4, 0.5) is 0 Å². The van der Waals surface area contributed by atoms with Gasteiger partial charge in [0.15, 0.2) is 0 Å². The van der Waals surface area contributed by atoms with E-state index in [2.05, 4.69) is 10.3 Å². The molecule has 1 saturated carbocycles. The molecule has 1 aliphatic carbocycles. The third-order valence-corrected chi connectivity index (χ3v) is 3.53. The van der Waals surface area contributed by atoms with Crippen molar-refractivity contribution in [3.05, 3.63) is 46.4 Å². The third-order valence-electron chi connectivity index (χ3n) is 2.90. The van der Waals surface area contributed by atoms with E-state index in [1.54, 1.807) is 29.0 Å². The summed E-state index contributed by atoms with van der Waals surface area (Å²) in [6.07, 6.45) is 2.20. The van der Waals surface area contributed by atoms with Crippen molar-refractivity contribution in [1.29, 1.82) is 0 Å². The van der Waals surface area contributed by atoms with Crippen LogP contribution >= 0.6 is 11.3 Å². The van der Waals surface area contributed by atoms with Crippen molar-refractivity contribution in [3.63, 3.8) is 0 Å². The Bertz CT molecular complexity index is 547. The van der Waals surface area contributed by atoms with Crippen LogP contribution in [-0.4, -0.2) is 16.9 Å². The average Bonchev–Trinajstić information content (AvgIpc) is 3.09. The Morgan fingerprint density at radius 3 is 2.79 bits per heavy atom. The maximum absolute atomic E-state index is 11.8. The molecule has 1 fully saturated rings. The lowest BCUT2D eigenvalue weighted by atomic mass is 10.2. The molecule has 0 aliphatic heterocycles. The first-order valence-corrected chi connectivity index (χ1v) is 7.16. The summed E-state index contributed by atoms with van der Waals surface area (Å²) in [7, 11) is 0. The molecule has 0 spiro atoms. The number of hydrogen-bond donors (Lipinski definition) is 1. The molecule has 0 unspecified atom stereocenters. The van der Waals surface area contributed by atoms with Crippen LogP contribution in [0.25, 0.3) is 0 Å². The van der Waals surface area contributed by atoms with Gasteiger partial charge in [0, 0.05) is 17.0 Å². The molecule has 98 valence electrons. The second-order valence-corrected chi connectivity index (χ2v) is 5.26. The third kappa shape index (κ3) is 3.32. The van der Waals surface area contributed by atoms with Crippen molar-refractivity contribution in [2.75, 3.05) is 0 Å². The van der Waals surface area contributed by atoms with Gasteiger partial charge < -0.3 is 10.1 Å². The Morgan fingerprint density at radius 2 is 2.16 bits per heavy atom. The molecule has 4 nitrogen and oxygen atoms in total. The summed E-state index contributed by atoms with van der Waals surface area (Å²) in [6, 6.07) is 7.58. The molecule has 0 radical (unpaired) electrons. The van der Waals surface area contributed by atoms with Gasteiger partial charge in [0.2, 0.25) is 0 Å². The normalized spacial score (nSPS) is 14.1. The number of amides is 1. The molecule has 0 saturated heterocycles. The summed E-state index contributed by atoms with van der Waals surface area (Å²) < 4.78 is 5.59. The van der Waals surface area contributed by atoms with Crippen LogP contribution in [0.2, 0.25) is 0 Å². The SMILES string of the molecule is O=C(NC1CC1)c1ccc(OCc2cscn2)cc1. The zero-order valence-corrected chi connectivity index (χ0v) is 11.2. The minimum Gasteiger partial charge on any atom is -0.487 e. The molecule has 1 heterocycles. The van der Waals surface area contributed by atoms with Gasteiger partial charge in [0.05, 0.1) is 11.2 Å². The van der Waals surface area contributed by atoms with E-state index in [1.165, 1.54) is 0 Å². The monoisotopic (exact) mass is 274 g/mol. The molecule has 2 aromatic rings. The van der Waals surface area contributed by atoms with E-state index in [0.29, 0.717) is 18.2 Å². The standard InChI is InChI=1S/C14H14N2O2S/c17-14(16-11-3-4-11)10-1-5-13(6-2-10)18-7-12-8-19-9-15-12/h1-2,5-6,8-9,11H,3-4,7H2,(H,16,17). The van der Waals surface area contributed by atoms with Crippen LogP contribution < -0.4 is 10.1 Å². The molecular formula is C14H14N2O2S. The summed E-state index contributed by atoms with van der Waals surface area (Å²) in [6.45, 7) is 0.455. The molecule has 1 N–H and O–H groups in total. The molecule has 0 atom stereocenters. The van der Waals surface area contributed by atoms with Gasteiger partial charge in [0.25, 0.3) is 5.91 Å². The first-order valence-electron chi connectivity index (χ1n) is 6.22. The number of rotatable bonds is 5. The number of thiazole rings is 1. The van der Waals surface area contributed by atoms with Crippen molar-refractivity contribution in [3.8, 4) is 5.75 Å². The fraction of sp³-hybridized carbons (Fsp3) is 0.286. The van der Waals surface area contributed by atoms with Gasteiger partial charge in [-0.3, -0.25) is 4.79 Å². The first-order chi connectivity index (χ1) is 9.31. The largest absolute Gasteiger partial charge is 0.487 e. The highest BCUT2D eigenvalue weighted by Gasteiger charge is 2.23. The highest BCUT2D eigenvalue weighted by molar-refractivity contribution is 7.07. The Balaban J connectivity index is 1.57. The number of carbonyl (C=O) groups is 1. The highest BCUT2D eigenvalue weighted by atomic mass is 32.1. The number of hydrogen-bond acceptors (Lipinski definition) is 4. The number of benzene rings is 1. The van der Waals surface area contributed by atoms with Crippen LogP contribution in [0.1, 0.15) is 28.9 Å². The van der Waals surface area contributed by atoms with Gasteiger partial charge in [-0.1, -0.05) is 0 Å². The highest BCUT2D eigenvalue weighted by Crippen LogP contribution is 2.20. The molecule has 1 aromatic heterocycles. The van der Waals surface area contributed by atoms with Gasteiger partial charge in [-0.2, -0.15) is 0 Å². The van der Waals surface area contributed by atoms with E-state index < -0.39 is 0 Å². The van der Waals surface area contributed by atoms with Crippen molar-refractivity contribution in [1.82, 2.24) is 10.3 Å². The summed E-state index contributed by atoms with van der Waals surface area (Å²) in [5.41, 5.74) is 3.37. The first kappa shape index (κ1) is 12.2. The number of nitrogens with zero attached hydrogens (tertiary/aromatic N) is 1. The smallest absolute Gasteiger partial charge is 0.251 e. The molecule has 19 heavy (non-hydrogen) atoms. The predicted molar refractivity (Wildman–Crippen MR) is 73.4 cm³/mol. The van der Waals surface area contributed by atoms with Gasteiger partial charge >= 0.3 is 0 Å². The van der Waals surface area contributed by atoms with Crippen LogP contribution in [0.3, 0.4) is 0 Å². The van der Waals surface area contributed by atoms with E-state index in [-0.39, 0.29) is 5.91 Å². The van der Waals surface area contributed by atoms with Crippen LogP contribution in [0, 0.1) is 0 Å². The van der Waals surface area contributed by atoms with Crippen molar-refractivity contribution in [2.24, 2.45) is 0 Å². The maximum atomic E-state index is 11.8. The van der Waals surface area contributed by atoms with E-state index in [9.17, 15) is 4.79 Å². The van der Waals surface area contributed by atoms with Crippen molar-refractivity contribution in [2.45, 2.75) is 25.5 Å². The molecular weight excluding hydrogens is 260 g/mol. The minimum absolute atomic E-state index is 0.00597. The summed E-state index contributed by atoms with van der Waals surface area (Å²) >= 11 is 1.55. The fourth-order valence-corrected chi connectivity index (χ4v) is 2.21. The van der Waals surface area contributed by atoms with Crippen LogP contribution in [0.15, 0.2) is 35.2 Å². The number of carbonyl (C=O) groups excluding carboxylic acids is 1. The van der Waals surface area contributed by atoms with E-state index in [1.807, 2.05) is 17.5 Å². The van der Waals surface area contributed by atoms with E-state index in [4.69, 9.17) is 4.74 Å². The fourth-order valence-electron chi connectivity index (χ4n) is 1.67. The summed E-state index contributed by atoms with van der Waals surface area (Å²) in [5, 5.41) is 4.91. The second kappa shape index (κ2) is 5.40. The lowest BCUT2D eigenvalue weighted by Crippen LogP contribution is -2.25. The minimum atomic E-state index is -0.00597. The van der Waals surface area contributed by atoms with Crippen LogP contribution in [0.5, 0.6) is 5.75 Å². The van der Waals surface area contributed by atoms with E-state index >= 15 is 0 Å². The molecule has 3 rings (SSSR count). The zero-order valence-electron chi connectivity index (χ0n) is 10.3. The quantitative estimate of drug-likeness (QED) is 0.911. The Morgan fingerprint density at radius 1 is 1.37 bits per heavy atom. The van der Waals surface area contributed by atoms with Crippen molar-refractivity contribution >= 4 is 17.2 Å². The van der Waals surface area contributed by atoms with Crippen LogP contribution in [-0.2, 0) is 6.61 Å². The predicted octanol–water partition coefficient (Wildman–Crippen LogP) is 2.61. The van der Waals surface area contributed by atoms with Gasteiger partial charge in [-0.25, -0.2) is 4.98 Å². The second-order valence-electron chi connectivity index (χ2n) is 4.54. The molecule has 1 aliphatic rings. The summed E-state index contributed by atoms with van der Waals surface area (Å²) in [5.74, 6) is 0.740. The molecule has 1 amide bonds. The van der Waals surface area contributed by atoms with Crippen molar-refractivity contribution < 1.29 is 9.53 Å². The topological polar surface area (TPSA) is 51.2 Å². The maximum Gasteiger partial charge on any atom is 0.251 e. The Kier molecular flexibility index (Phi) is 3.46. The molecule has 1 aromatic carbocycles. The van der Waals surface area contributed by atoms with E-state index in [0.717, 1.165) is 24.3 Å². The average molecular weight is 274 g/mol. The summed E-state index contributed by atoms with van der Waals surface area (Å²) in [4.78, 5) is 15.9. The number of ether oxygens (including phenoxy) is 1. The molecule has 5 heteroatoms. The van der Waals surface area contributed by atoms with Gasteiger partial charge in [-0.05, 0) is 37.1 Å². The van der Waals surface area contributed by atoms with Gasteiger partial charge in [-0.15, -0.1) is 11.3 Å². The lowest BCUT2D eigenvalue weighted by Gasteiger charge is -2.06. The zero-order chi connectivity index (χ0) is 13.1. The molecule has 0 bridgehead atoms. The Hall–Kier alpha value is -1.88. The Labute approximate surface area is 115 Å².